The summed E-state index contributed by atoms with van der Waals surface area (Å²) in [5, 5.41) is 0. The van der Waals surface area contributed by atoms with Gasteiger partial charge in [0.25, 0.3) is 0 Å². The predicted molar refractivity (Wildman–Crippen MR) is 73.1 cm³/mol. The average Bonchev–Trinajstić information content (AvgIpc) is 2.21. The van der Waals surface area contributed by atoms with Crippen LogP contribution in [0.25, 0.3) is 0 Å². The molecule has 0 N–H and O–H groups in total. The maximum atomic E-state index is 3.70. The minimum atomic E-state index is 0.764. The van der Waals surface area contributed by atoms with Crippen LogP contribution in [0.2, 0.25) is 0 Å². The summed E-state index contributed by atoms with van der Waals surface area (Å²) < 4.78 is 0. The van der Waals surface area contributed by atoms with Gasteiger partial charge in [-0.15, -0.1) is 13.2 Å². The highest BCUT2D eigenvalue weighted by Crippen LogP contribution is 2.07. The summed E-state index contributed by atoms with van der Waals surface area (Å²) in [6, 6.07) is 0. The molecule has 0 radical (unpaired) electrons. The van der Waals surface area contributed by atoms with Gasteiger partial charge in [0, 0.05) is 0 Å². The maximum Gasteiger partial charge on any atom is -0.0322 e. The van der Waals surface area contributed by atoms with Crippen molar-refractivity contribution in [1.82, 2.24) is 0 Å². The Bertz CT molecular complexity index is 153. The fourth-order valence-electron chi connectivity index (χ4n) is 1.08. The number of hydrogen-bond donors (Lipinski definition) is 0. The third kappa shape index (κ3) is 19.6. The molecule has 1 unspecified atom stereocenters. The summed E-state index contributed by atoms with van der Waals surface area (Å²) >= 11 is 0. The van der Waals surface area contributed by atoms with E-state index in [2.05, 4.69) is 46.1 Å². The normalized spacial score (nSPS) is 11.7. The number of hydrogen-bond acceptors (Lipinski definition) is 0. The summed E-state index contributed by atoms with van der Waals surface area (Å²) in [7, 11) is 0. The van der Waals surface area contributed by atoms with Gasteiger partial charge in [0.2, 0.25) is 0 Å². The lowest BCUT2D eigenvalue weighted by Crippen LogP contribution is -1.88. The van der Waals surface area contributed by atoms with E-state index in [0.717, 1.165) is 25.2 Å². The van der Waals surface area contributed by atoms with Crippen molar-refractivity contribution in [2.24, 2.45) is 5.92 Å². The fourth-order valence-corrected chi connectivity index (χ4v) is 1.08. The predicted octanol–water partition coefficient (Wildman–Crippen LogP) is 5.53. The van der Waals surface area contributed by atoms with Gasteiger partial charge >= 0.3 is 0 Å². The van der Waals surface area contributed by atoms with E-state index in [9.17, 15) is 0 Å². The molecule has 0 aliphatic rings. The monoisotopic (exact) mass is 208 g/mol. The molecule has 15 heavy (non-hydrogen) atoms. The third-order valence-electron chi connectivity index (χ3n) is 2.00. The molecule has 0 nitrogen and oxygen atoms in total. The highest BCUT2D eigenvalue weighted by molar-refractivity contribution is 4.83. The van der Waals surface area contributed by atoms with Crippen LogP contribution >= 0.6 is 0 Å². The van der Waals surface area contributed by atoms with Gasteiger partial charge in [-0.1, -0.05) is 51.5 Å². The van der Waals surface area contributed by atoms with E-state index in [1.807, 2.05) is 12.2 Å². The Balaban J connectivity index is 0. The van der Waals surface area contributed by atoms with E-state index >= 15 is 0 Å². The van der Waals surface area contributed by atoms with Gasteiger partial charge in [-0.25, -0.2) is 0 Å². The average molecular weight is 208 g/mol. The SMILES string of the molecule is C=CCC(C)CC=CCC.C=CCCC. The van der Waals surface area contributed by atoms with Crippen molar-refractivity contribution < 1.29 is 0 Å². The first-order valence-electron chi connectivity index (χ1n) is 6.09. The number of unbranched alkanes of at least 4 members (excludes halogenated alkanes) is 1. The number of allylic oxidation sites excluding steroid dienone is 4. The molecule has 0 fully saturated rings. The molecule has 0 heteroatoms. The topological polar surface area (TPSA) is 0 Å². The van der Waals surface area contributed by atoms with Gasteiger partial charge in [-0.05, 0) is 31.6 Å². The fraction of sp³-hybridized carbons (Fsp3) is 0.600. The quantitative estimate of drug-likeness (QED) is 0.483. The van der Waals surface area contributed by atoms with Crippen molar-refractivity contribution in [3.63, 3.8) is 0 Å². The van der Waals surface area contributed by atoms with E-state index in [1.54, 1.807) is 0 Å². The molecule has 0 aromatic rings. The second-order valence-corrected chi connectivity index (χ2v) is 3.82. The highest BCUT2D eigenvalue weighted by atomic mass is 14.0. The lowest BCUT2D eigenvalue weighted by atomic mass is 10.0. The Morgan fingerprint density at radius 1 is 1.00 bits per heavy atom. The third-order valence-corrected chi connectivity index (χ3v) is 2.00. The van der Waals surface area contributed by atoms with E-state index < -0.39 is 0 Å². The second kappa shape index (κ2) is 15.7. The molecule has 88 valence electrons. The lowest BCUT2D eigenvalue weighted by Gasteiger charge is -2.02. The highest BCUT2D eigenvalue weighted by Gasteiger charge is 1.93. The summed E-state index contributed by atoms with van der Waals surface area (Å²) in [6.45, 7) is 13.8. The molecular formula is C15H28. The van der Waals surface area contributed by atoms with Gasteiger partial charge in [-0.2, -0.15) is 0 Å². The van der Waals surface area contributed by atoms with E-state index in [-0.39, 0.29) is 0 Å². The number of rotatable bonds is 7. The zero-order chi connectivity index (χ0) is 11.9. The second-order valence-electron chi connectivity index (χ2n) is 3.82. The Kier molecular flexibility index (Phi) is 17.4. The van der Waals surface area contributed by atoms with Crippen LogP contribution in [0.15, 0.2) is 37.5 Å². The minimum absolute atomic E-state index is 0.764. The van der Waals surface area contributed by atoms with Gasteiger partial charge < -0.3 is 0 Å². The van der Waals surface area contributed by atoms with E-state index in [0.29, 0.717) is 0 Å². The largest absolute Gasteiger partial charge is 0.103 e. The van der Waals surface area contributed by atoms with Gasteiger partial charge in [-0.3, -0.25) is 0 Å². The smallest absolute Gasteiger partial charge is 0.0322 e. The van der Waals surface area contributed by atoms with Crippen LogP contribution in [0.1, 0.15) is 52.9 Å². The van der Waals surface area contributed by atoms with Gasteiger partial charge in [0.1, 0.15) is 0 Å². The van der Waals surface area contributed by atoms with Crippen molar-refractivity contribution in [3.8, 4) is 0 Å². The molecule has 0 aromatic heterocycles. The van der Waals surface area contributed by atoms with Crippen molar-refractivity contribution in [3.05, 3.63) is 37.5 Å². The molecule has 1 atom stereocenters. The standard InChI is InChI=1S/C10H18.C5H10/c1-4-6-7-9-10(3)8-5-2;1-3-5-4-2/h5-7,10H,2,4,8-9H2,1,3H3;3H,1,4-5H2,2H3. The molecule has 0 rings (SSSR count). The molecule has 0 bridgehead atoms. The maximum absolute atomic E-state index is 3.70. The van der Waals surface area contributed by atoms with Crippen LogP contribution < -0.4 is 0 Å². The van der Waals surface area contributed by atoms with Crippen LogP contribution in [0.5, 0.6) is 0 Å². The molecule has 0 amide bonds. The first kappa shape index (κ1) is 16.6. The van der Waals surface area contributed by atoms with Crippen LogP contribution in [-0.2, 0) is 0 Å². The molecule has 0 saturated carbocycles. The molecular weight excluding hydrogens is 180 g/mol. The molecule has 0 aliphatic carbocycles. The van der Waals surface area contributed by atoms with E-state index in [4.69, 9.17) is 0 Å². The Morgan fingerprint density at radius 2 is 1.67 bits per heavy atom. The Morgan fingerprint density at radius 3 is 2.00 bits per heavy atom. The zero-order valence-corrected chi connectivity index (χ0v) is 10.8. The summed E-state index contributed by atoms with van der Waals surface area (Å²) in [4.78, 5) is 0. The van der Waals surface area contributed by atoms with Crippen LogP contribution in [0.4, 0.5) is 0 Å². The Labute approximate surface area is 96.8 Å². The summed E-state index contributed by atoms with van der Waals surface area (Å²) in [5.41, 5.74) is 0. The van der Waals surface area contributed by atoms with Crippen LogP contribution in [0.3, 0.4) is 0 Å². The first-order chi connectivity index (χ1) is 7.22. The summed E-state index contributed by atoms with van der Waals surface area (Å²) in [6.07, 6.45) is 14.3. The molecule has 0 saturated heterocycles. The van der Waals surface area contributed by atoms with Gasteiger partial charge in [0.05, 0.1) is 0 Å². The van der Waals surface area contributed by atoms with Crippen molar-refractivity contribution in [2.45, 2.75) is 52.9 Å². The van der Waals surface area contributed by atoms with Gasteiger partial charge in [0.15, 0.2) is 0 Å². The zero-order valence-electron chi connectivity index (χ0n) is 10.8. The molecule has 0 aliphatic heterocycles. The van der Waals surface area contributed by atoms with Crippen molar-refractivity contribution in [2.75, 3.05) is 0 Å². The van der Waals surface area contributed by atoms with E-state index in [1.165, 1.54) is 12.8 Å². The first-order valence-corrected chi connectivity index (χ1v) is 6.09. The molecule has 0 spiro atoms. The van der Waals surface area contributed by atoms with Crippen LogP contribution in [0, 0.1) is 5.92 Å². The van der Waals surface area contributed by atoms with Crippen molar-refractivity contribution >= 4 is 0 Å². The Hall–Kier alpha value is -0.780. The lowest BCUT2D eigenvalue weighted by molar-refractivity contribution is 0.603. The summed E-state index contributed by atoms with van der Waals surface area (Å²) in [5.74, 6) is 0.764. The minimum Gasteiger partial charge on any atom is -0.103 e. The molecule has 0 aromatic carbocycles. The molecule has 0 heterocycles. The van der Waals surface area contributed by atoms with Crippen molar-refractivity contribution in [1.29, 1.82) is 0 Å². The van der Waals surface area contributed by atoms with Crippen LogP contribution in [-0.4, -0.2) is 0 Å².